The van der Waals surface area contributed by atoms with Crippen molar-refractivity contribution in [3.8, 4) is 22.2 Å². The first-order valence-corrected chi connectivity index (χ1v) is 9.42. The fourth-order valence-electron chi connectivity index (χ4n) is 2.60. The molecule has 0 unspecified atom stereocenters. The van der Waals surface area contributed by atoms with Crippen LogP contribution in [0.1, 0.15) is 23.0 Å². The van der Waals surface area contributed by atoms with E-state index in [0.29, 0.717) is 33.7 Å². The lowest BCUT2D eigenvalue weighted by Gasteiger charge is -2.01. The van der Waals surface area contributed by atoms with Crippen LogP contribution in [0.15, 0.2) is 59.1 Å². The van der Waals surface area contributed by atoms with Gasteiger partial charge < -0.3 is 4.52 Å². The van der Waals surface area contributed by atoms with Gasteiger partial charge in [0.05, 0.1) is 5.69 Å². The minimum Gasteiger partial charge on any atom is -0.333 e. The van der Waals surface area contributed by atoms with Crippen molar-refractivity contribution in [2.24, 2.45) is 0 Å². The average Bonchev–Trinajstić information content (AvgIpc) is 3.36. The quantitative estimate of drug-likeness (QED) is 0.525. The Hall–Kier alpha value is -3.39. The molecule has 0 bridgehead atoms. The van der Waals surface area contributed by atoms with E-state index in [1.54, 1.807) is 0 Å². The number of hydrogen-bond donors (Lipinski definition) is 1. The first-order valence-electron chi connectivity index (χ1n) is 8.60. The molecule has 0 radical (unpaired) electrons. The van der Waals surface area contributed by atoms with Gasteiger partial charge in [0, 0.05) is 11.1 Å². The number of aromatic nitrogens is 3. The number of aryl methyl sites for hydroxylation is 1. The summed E-state index contributed by atoms with van der Waals surface area (Å²) in [6.45, 7) is 1.96. The lowest BCUT2D eigenvalue weighted by atomic mass is 10.2. The summed E-state index contributed by atoms with van der Waals surface area (Å²) in [6, 6.07) is 14.8. The number of amides is 1. The minimum atomic E-state index is -0.396. The molecule has 2 aromatic heterocycles. The maximum atomic E-state index is 13.0. The Bertz CT molecular complexity index is 1110. The molecule has 0 atom stereocenters. The molecule has 1 N–H and O–H groups in total. The van der Waals surface area contributed by atoms with Gasteiger partial charge in [-0.25, -0.2) is 9.37 Å². The number of thiazole rings is 1. The fraction of sp³-hybridized carbons (Fsp3) is 0.100. The summed E-state index contributed by atoms with van der Waals surface area (Å²) in [5.41, 5.74) is 1.95. The SMILES string of the molecule is CCc1nc(NC(=O)c2ccc(F)cc2)sc1-c1nc(-c2ccccc2)no1. The number of benzene rings is 2. The van der Waals surface area contributed by atoms with Crippen LogP contribution in [0.4, 0.5) is 9.52 Å². The zero-order chi connectivity index (χ0) is 19.5. The molecule has 2 aromatic carbocycles. The Balaban J connectivity index is 1.59. The van der Waals surface area contributed by atoms with Gasteiger partial charge in [-0.2, -0.15) is 4.98 Å². The van der Waals surface area contributed by atoms with Crippen molar-refractivity contribution in [3.05, 3.63) is 71.7 Å². The summed E-state index contributed by atoms with van der Waals surface area (Å²) in [7, 11) is 0. The van der Waals surface area contributed by atoms with E-state index in [4.69, 9.17) is 4.52 Å². The van der Waals surface area contributed by atoms with Crippen molar-refractivity contribution in [2.45, 2.75) is 13.3 Å². The zero-order valence-corrected chi connectivity index (χ0v) is 15.7. The van der Waals surface area contributed by atoms with E-state index >= 15 is 0 Å². The highest BCUT2D eigenvalue weighted by atomic mass is 32.1. The molecule has 0 spiro atoms. The Morgan fingerprint density at radius 1 is 1.11 bits per heavy atom. The summed E-state index contributed by atoms with van der Waals surface area (Å²) in [6.07, 6.45) is 0.640. The van der Waals surface area contributed by atoms with E-state index in [9.17, 15) is 9.18 Å². The Labute approximate surface area is 164 Å². The lowest BCUT2D eigenvalue weighted by Crippen LogP contribution is -2.11. The molecule has 0 saturated carbocycles. The molecule has 4 aromatic rings. The van der Waals surface area contributed by atoms with E-state index in [-0.39, 0.29) is 5.91 Å². The van der Waals surface area contributed by atoms with Gasteiger partial charge in [-0.05, 0) is 30.7 Å². The molecule has 6 nitrogen and oxygen atoms in total. The van der Waals surface area contributed by atoms with E-state index in [1.165, 1.54) is 35.6 Å². The molecular weight excluding hydrogens is 379 g/mol. The highest BCUT2D eigenvalue weighted by Gasteiger charge is 2.20. The van der Waals surface area contributed by atoms with E-state index < -0.39 is 5.82 Å². The van der Waals surface area contributed by atoms with Crippen molar-refractivity contribution in [2.75, 3.05) is 5.32 Å². The molecule has 1 amide bonds. The van der Waals surface area contributed by atoms with Gasteiger partial charge in [0.15, 0.2) is 5.13 Å². The van der Waals surface area contributed by atoms with Crippen LogP contribution in [0.3, 0.4) is 0 Å². The van der Waals surface area contributed by atoms with Crippen LogP contribution in [0.2, 0.25) is 0 Å². The maximum absolute atomic E-state index is 13.0. The molecule has 8 heteroatoms. The smallest absolute Gasteiger partial charge is 0.270 e. The number of hydrogen-bond acceptors (Lipinski definition) is 6. The summed E-state index contributed by atoms with van der Waals surface area (Å²) < 4.78 is 18.4. The van der Waals surface area contributed by atoms with Crippen LogP contribution in [-0.2, 0) is 6.42 Å². The molecule has 0 aliphatic rings. The number of anilines is 1. The second-order valence-electron chi connectivity index (χ2n) is 5.90. The van der Waals surface area contributed by atoms with Gasteiger partial charge in [0.1, 0.15) is 10.7 Å². The second-order valence-corrected chi connectivity index (χ2v) is 6.90. The van der Waals surface area contributed by atoms with Crippen molar-refractivity contribution >= 4 is 22.4 Å². The number of nitrogens with one attached hydrogen (secondary N) is 1. The average molecular weight is 394 g/mol. The number of carbonyl (C=O) groups excluding carboxylic acids is 1. The zero-order valence-electron chi connectivity index (χ0n) is 14.8. The van der Waals surface area contributed by atoms with Crippen LogP contribution in [0.5, 0.6) is 0 Å². The fourth-order valence-corrected chi connectivity index (χ4v) is 3.57. The number of rotatable bonds is 5. The Kier molecular flexibility index (Phi) is 4.94. The predicted molar refractivity (Wildman–Crippen MR) is 105 cm³/mol. The van der Waals surface area contributed by atoms with E-state index in [0.717, 1.165) is 11.3 Å². The van der Waals surface area contributed by atoms with Crippen molar-refractivity contribution < 1.29 is 13.7 Å². The van der Waals surface area contributed by atoms with Crippen LogP contribution >= 0.6 is 11.3 Å². The summed E-state index contributed by atoms with van der Waals surface area (Å²) in [5, 5.41) is 7.19. The number of halogens is 1. The van der Waals surface area contributed by atoms with E-state index in [2.05, 4.69) is 20.4 Å². The third-order valence-corrected chi connectivity index (χ3v) is 5.01. The standard InChI is InChI=1S/C20H15FN4O2S/c1-2-15-16(19-23-17(25-27-19)12-6-4-3-5-7-12)28-20(22-15)24-18(26)13-8-10-14(21)11-9-13/h3-11H,2H2,1H3,(H,22,24,26). The Morgan fingerprint density at radius 3 is 2.57 bits per heavy atom. The topological polar surface area (TPSA) is 80.9 Å². The molecule has 140 valence electrons. The molecule has 0 aliphatic carbocycles. The Morgan fingerprint density at radius 2 is 1.86 bits per heavy atom. The van der Waals surface area contributed by atoms with Gasteiger partial charge in [0.25, 0.3) is 11.8 Å². The first-order chi connectivity index (χ1) is 13.6. The molecule has 28 heavy (non-hydrogen) atoms. The molecule has 0 fully saturated rings. The summed E-state index contributed by atoms with van der Waals surface area (Å²) in [4.78, 5) is 22.0. The van der Waals surface area contributed by atoms with Crippen LogP contribution < -0.4 is 5.32 Å². The summed E-state index contributed by atoms with van der Waals surface area (Å²) in [5.74, 6) is 0.0869. The van der Waals surface area contributed by atoms with Gasteiger partial charge in [0.2, 0.25) is 5.82 Å². The normalized spacial score (nSPS) is 10.8. The molecular formula is C20H15FN4O2S. The van der Waals surface area contributed by atoms with Crippen molar-refractivity contribution in [1.29, 1.82) is 0 Å². The van der Waals surface area contributed by atoms with E-state index in [1.807, 2.05) is 37.3 Å². The third kappa shape index (κ3) is 3.67. The number of nitrogens with zero attached hydrogens (tertiary/aromatic N) is 3. The highest BCUT2D eigenvalue weighted by molar-refractivity contribution is 7.19. The minimum absolute atomic E-state index is 0.348. The maximum Gasteiger partial charge on any atom is 0.270 e. The highest BCUT2D eigenvalue weighted by Crippen LogP contribution is 2.33. The van der Waals surface area contributed by atoms with Crippen LogP contribution in [0.25, 0.3) is 22.2 Å². The van der Waals surface area contributed by atoms with Crippen LogP contribution in [0, 0.1) is 5.82 Å². The van der Waals surface area contributed by atoms with Gasteiger partial charge in [-0.15, -0.1) is 0 Å². The van der Waals surface area contributed by atoms with Crippen molar-refractivity contribution in [3.63, 3.8) is 0 Å². The molecule has 4 rings (SSSR count). The first kappa shape index (κ1) is 18.0. The largest absolute Gasteiger partial charge is 0.333 e. The molecule has 0 saturated heterocycles. The predicted octanol–water partition coefficient (Wildman–Crippen LogP) is 4.81. The van der Waals surface area contributed by atoms with Gasteiger partial charge in [-0.3, -0.25) is 10.1 Å². The van der Waals surface area contributed by atoms with Gasteiger partial charge >= 0.3 is 0 Å². The number of carbonyl (C=O) groups is 1. The second kappa shape index (κ2) is 7.69. The van der Waals surface area contributed by atoms with Crippen LogP contribution in [-0.4, -0.2) is 21.0 Å². The lowest BCUT2D eigenvalue weighted by molar-refractivity contribution is 0.102. The van der Waals surface area contributed by atoms with Crippen molar-refractivity contribution in [1.82, 2.24) is 15.1 Å². The third-order valence-electron chi connectivity index (χ3n) is 4.01. The monoisotopic (exact) mass is 394 g/mol. The molecule has 2 heterocycles. The molecule has 0 aliphatic heterocycles. The van der Waals surface area contributed by atoms with Gasteiger partial charge in [-0.1, -0.05) is 53.7 Å². The summed E-state index contributed by atoms with van der Waals surface area (Å²) >= 11 is 1.26.